The molecule has 0 amide bonds. The maximum atomic E-state index is 11.7. The van der Waals surface area contributed by atoms with Gasteiger partial charge in [0.2, 0.25) is 10.0 Å². The van der Waals surface area contributed by atoms with Crippen molar-refractivity contribution in [2.24, 2.45) is 0 Å². The first-order valence-corrected chi connectivity index (χ1v) is 7.59. The van der Waals surface area contributed by atoms with Gasteiger partial charge in [0.15, 0.2) is 0 Å². The lowest BCUT2D eigenvalue weighted by molar-refractivity contribution is -0.137. The summed E-state index contributed by atoms with van der Waals surface area (Å²) in [6, 6.07) is 1.74. The van der Waals surface area contributed by atoms with Crippen LogP contribution in [0.4, 0.5) is 5.82 Å². The van der Waals surface area contributed by atoms with E-state index >= 15 is 0 Å². The van der Waals surface area contributed by atoms with Crippen molar-refractivity contribution >= 4 is 37.7 Å². The topological polar surface area (TPSA) is 96.4 Å². The number of aromatic nitrogens is 1. The van der Waals surface area contributed by atoms with Crippen molar-refractivity contribution in [1.29, 1.82) is 0 Å². The summed E-state index contributed by atoms with van der Waals surface area (Å²) in [4.78, 5) is 14.3. The minimum atomic E-state index is -3.56. The molecule has 1 heterocycles. The number of hydrogen-bond donors (Lipinski definition) is 2. The van der Waals surface area contributed by atoms with E-state index in [-0.39, 0.29) is 24.4 Å². The van der Waals surface area contributed by atoms with Gasteiger partial charge in [-0.15, -0.1) is 0 Å². The fourth-order valence-electron chi connectivity index (χ4n) is 1.26. The number of pyridine rings is 1. The normalized spacial score (nSPS) is 11.2. The van der Waals surface area contributed by atoms with Crippen LogP contribution < -0.4 is 4.72 Å². The third-order valence-electron chi connectivity index (χ3n) is 2.10. The number of anilines is 1. The lowest BCUT2D eigenvalue weighted by atomic mass is 10.3. The Bertz CT molecular complexity index is 545. The number of nitrogens with zero attached hydrogens (tertiary/aromatic N) is 1. The molecule has 1 aromatic heterocycles. The summed E-state index contributed by atoms with van der Waals surface area (Å²) in [5.41, 5.74) is 0.686. The van der Waals surface area contributed by atoms with Gasteiger partial charge in [0.25, 0.3) is 0 Å². The number of nitrogens with one attached hydrogen (secondary N) is 1. The summed E-state index contributed by atoms with van der Waals surface area (Å²) < 4.78 is 26.4. The fraction of sp³-hybridized carbons (Fsp3) is 0.400. The van der Waals surface area contributed by atoms with E-state index in [4.69, 9.17) is 5.11 Å². The summed E-state index contributed by atoms with van der Waals surface area (Å²) in [6.45, 7) is 1.73. The average Bonchev–Trinajstić information content (AvgIpc) is 2.21. The molecular weight excluding hydrogens is 324 g/mol. The zero-order valence-corrected chi connectivity index (χ0v) is 12.1. The maximum Gasteiger partial charge on any atom is 0.303 e. The molecule has 0 spiro atoms. The van der Waals surface area contributed by atoms with E-state index in [0.29, 0.717) is 5.56 Å². The van der Waals surface area contributed by atoms with Crippen LogP contribution in [0.3, 0.4) is 0 Å². The molecule has 1 aromatic rings. The third-order valence-corrected chi connectivity index (χ3v) is 3.86. The van der Waals surface area contributed by atoms with Gasteiger partial charge in [-0.2, -0.15) is 0 Å². The Balaban J connectivity index is 2.67. The van der Waals surface area contributed by atoms with E-state index in [1.165, 1.54) is 6.20 Å². The molecule has 6 nitrogen and oxygen atoms in total. The van der Waals surface area contributed by atoms with Crippen LogP contribution in [-0.4, -0.2) is 30.2 Å². The number of sulfonamides is 1. The first-order chi connectivity index (χ1) is 8.30. The fourth-order valence-corrected chi connectivity index (χ4v) is 2.84. The van der Waals surface area contributed by atoms with Crippen molar-refractivity contribution in [3.63, 3.8) is 0 Å². The first-order valence-electron chi connectivity index (χ1n) is 5.14. The molecule has 2 N–H and O–H groups in total. The number of aliphatic carboxylic acids is 1. The summed E-state index contributed by atoms with van der Waals surface area (Å²) >= 11 is 3.23. The predicted octanol–water partition coefficient (Wildman–Crippen LogP) is 1.76. The van der Waals surface area contributed by atoms with Crippen molar-refractivity contribution < 1.29 is 18.3 Å². The van der Waals surface area contributed by atoms with E-state index in [0.717, 1.165) is 4.47 Å². The molecule has 0 unspecified atom stereocenters. The van der Waals surface area contributed by atoms with Gasteiger partial charge in [-0.25, -0.2) is 13.4 Å². The molecule has 100 valence electrons. The van der Waals surface area contributed by atoms with Gasteiger partial charge in [0, 0.05) is 17.1 Å². The molecule has 8 heteroatoms. The molecule has 18 heavy (non-hydrogen) atoms. The van der Waals surface area contributed by atoms with Crippen molar-refractivity contribution in [1.82, 2.24) is 4.98 Å². The van der Waals surface area contributed by atoms with Crippen molar-refractivity contribution in [2.45, 2.75) is 19.8 Å². The van der Waals surface area contributed by atoms with E-state index in [1.54, 1.807) is 13.0 Å². The Morgan fingerprint density at radius 3 is 2.78 bits per heavy atom. The van der Waals surface area contributed by atoms with E-state index < -0.39 is 16.0 Å². The zero-order chi connectivity index (χ0) is 13.8. The van der Waals surface area contributed by atoms with Crippen molar-refractivity contribution in [3.8, 4) is 0 Å². The highest BCUT2D eigenvalue weighted by molar-refractivity contribution is 9.10. The largest absolute Gasteiger partial charge is 0.481 e. The van der Waals surface area contributed by atoms with E-state index in [2.05, 4.69) is 25.6 Å². The molecule has 0 radical (unpaired) electrons. The Kier molecular flexibility index (Phi) is 5.09. The molecule has 0 bridgehead atoms. The molecule has 1 rings (SSSR count). The molecule has 0 aromatic carbocycles. The molecule has 0 saturated heterocycles. The van der Waals surface area contributed by atoms with Crippen molar-refractivity contribution in [3.05, 3.63) is 22.3 Å². The number of carboxylic acids is 1. The predicted molar refractivity (Wildman–Crippen MR) is 71.0 cm³/mol. The Hall–Kier alpha value is -1.15. The van der Waals surface area contributed by atoms with Crippen LogP contribution in [0.25, 0.3) is 0 Å². The number of rotatable bonds is 6. The minimum absolute atomic E-state index is 0.0697. The molecule has 0 fully saturated rings. The highest BCUT2D eigenvalue weighted by atomic mass is 79.9. The standard InChI is InChI=1S/C10H13BrN2O4S/c1-7-5-8(11)6-12-10(7)13-18(16,17)4-2-3-9(14)15/h5-6H,2-4H2,1H3,(H,12,13)(H,14,15). The zero-order valence-electron chi connectivity index (χ0n) is 9.68. The third kappa shape index (κ3) is 5.01. The van der Waals surface area contributed by atoms with Crippen molar-refractivity contribution in [2.75, 3.05) is 10.5 Å². The van der Waals surface area contributed by atoms with Gasteiger partial charge in [-0.1, -0.05) is 0 Å². The number of carboxylic acid groups (broad SMARTS) is 1. The second-order valence-electron chi connectivity index (χ2n) is 3.74. The molecule has 0 aliphatic rings. The number of halogens is 1. The van der Waals surface area contributed by atoms with Crippen LogP contribution in [0.2, 0.25) is 0 Å². The van der Waals surface area contributed by atoms with Gasteiger partial charge in [0.05, 0.1) is 5.75 Å². The van der Waals surface area contributed by atoms with Crippen LogP contribution >= 0.6 is 15.9 Å². The molecule has 0 aliphatic carbocycles. The SMILES string of the molecule is Cc1cc(Br)cnc1NS(=O)(=O)CCCC(=O)O. The monoisotopic (exact) mass is 336 g/mol. The van der Waals surface area contributed by atoms with Crippen LogP contribution in [0, 0.1) is 6.92 Å². The van der Waals surface area contributed by atoms with Gasteiger partial charge in [0.1, 0.15) is 5.82 Å². The first kappa shape index (κ1) is 14.9. The molecule has 0 atom stereocenters. The smallest absolute Gasteiger partial charge is 0.303 e. The van der Waals surface area contributed by atoms with Gasteiger partial charge < -0.3 is 5.11 Å². The van der Waals surface area contributed by atoms with Crippen LogP contribution in [0.1, 0.15) is 18.4 Å². The second kappa shape index (κ2) is 6.14. The molecule has 0 saturated carbocycles. The summed E-state index contributed by atoms with van der Waals surface area (Å²) in [5.74, 6) is -0.993. The highest BCUT2D eigenvalue weighted by Gasteiger charge is 2.13. The Morgan fingerprint density at radius 2 is 2.22 bits per heavy atom. The van der Waals surface area contributed by atoms with Crippen LogP contribution in [0.5, 0.6) is 0 Å². The summed E-state index contributed by atoms with van der Waals surface area (Å²) in [6.07, 6.45) is 1.38. The molecule has 0 aliphatic heterocycles. The van der Waals surface area contributed by atoms with Gasteiger partial charge >= 0.3 is 5.97 Å². The van der Waals surface area contributed by atoms with Gasteiger partial charge in [-0.3, -0.25) is 9.52 Å². The van der Waals surface area contributed by atoms with E-state index in [1.807, 2.05) is 0 Å². The summed E-state index contributed by atoms with van der Waals surface area (Å²) in [7, 11) is -3.56. The lowest BCUT2D eigenvalue weighted by Gasteiger charge is -2.09. The maximum absolute atomic E-state index is 11.7. The average molecular weight is 337 g/mol. The van der Waals surface area contributed by atoms with Crippen LogP contribution in [-0.2, 0) is 14.8 Å². The van der Waals surface area contributed by atoms with E-state index in [9.17, 15) is 13.2 Å². The minimum Gasteiger partial charge on any atom is -0.481 e. The lowest BCUT2D eigenvalue weighted by Crippen LogP contribution is -2.18. The van der Waals surface area contributed by atoms with Gasteiger partial charge in [-0.05, 0) is 40.9 Å². The molecular formula is C10H13BrN2O4S. The van der Waals surface area contributed by atoms with Crippen LogP contribution in [0.15, 0.2) is 16.7 Å². The number of hydrogen-bond acceptors (Lipinski definition) is 4. The second-order valence-corrected chi connectivity index (χ2v) is 6.49. The Labute approximate surface area is 114 Å². The Morgan fingerprint density at radius 1 is 1.56 bits per heavy atom. The number of aryl methyl sites for hydroxylation is 1. The number of carbonyl (C=O) groups is 1. The summed E-state index contributed by atoms with van der Waals surface area (Å²) in [5, 5.41) is 8.44. The highest BCUT2D eigenvalue weighted by Crippen LogP contribution is 2.18. The quantitative estimate of drug-likeness (QED) is 0.824.